The summed E-state index contributed by atoms with van der Waals surface area (Å²) in [7, 11) is 3.30. The Morgan fingerprint density at radius 2 is 1.74 bits per heavy atom. The number of nitrogens with one attached hydrogen (secondary N) is 1. The molecule has 0 radical (unpaired) electrons. The standard InChI is InChI=1S/C23H28N4O3S/c1-29-14-12-24-22(28)20-11-7-6-10-19(20)17-31-23-26-25-21(27(23)13-15-30-2)16-18-8-4-3-5-9-18/h3-11H,12-17H2,1-2H3,(H,24,28). The highest BCUT2D eigenvalue weighted by Crippen LogP contribution is 2.25. The van der Waals surface area contributed by atoms with Crippen molar-refractivity contribution < 1.29 is 14.3 Å². The van der Waals surface area contributed by atoms with Crippen LogP contribution >= 0.6 is 11.8 Å². The maximum atomic E-state index is 12.5. The number of carbonyl (C=O) groups is 1. The van der Waals surface area contributed by atoms with Gasteiger partial charge in [-0.3, -0.25) is 4.79 Å². The number of thioether (sulfide) groups is 1. The first kappa shape index (κ1) is 23.0. The molecule has 0 saturated carbocycles. The summed E-state index contributed by atoms with van der Waals surface area (Å²) in [6, 6.07) is 17.8. The number of rotatable bonds is 12. The summed E-state index contributed by atoms with van der Waals surface area (Å²) in [5.74, 6) is 1.42. The first-order valence-electron chi connectivity index (χ1n) is 10.2. The molecule has 0 saturated heterocycles. The third-order valence-electron chi connectivity index (χ3n) is 4.73. The van der Waals surface area contributed by atoms with Gasteiger partial charge in [0.1, 0.15) is 5.82 Å². The Hall–Kier alpha value is -2.68. The van der Waals surface area contributed by atoms with Crippen molar-refractivity contribution in [3.63, 3.8) is 0 Å². The molecular formula is C23H28N4O3S. The summed E-state index contributed by atoms with van der Waals surface area (Å²) in [5.41, 5.74) is 2.80. The van der Waals surface area contributed by atoms with Crippen LogP contribution in [0.3, 0.4) is 0 Å². The molecule has 0 aliphatic carbocycles. The second kappa shape index (κ2) is 12.2. The summed E-state index contributed by atoms with van der Waals surface area (Å²) >= 11 is 1.57. The van der Waals surface area contributed by atoms with Gasteiger partial charge in [0.05, 0.1) is 13.2 Å². The van der Waals surface area contributed by atoms with Crippen molar-refractivity contribution >= 4 is 17.7 Å². The summed E-state index contributed by atoms with van der Waals surface area (Å²) in [4.78, 5) is 12.5. The molecule has 0 atom stereocenters. The largest absolute Gasteiger partial charge is 0.383 e. The maximum absolute atomic E-state index is 12.5. The minimum absolute atomic E-state index is 0.0983. The maximum Gasteiger partial charge on any atom is 0.251 e. The van der Waals surface area contributed by atoms with Crippen molar-refractivity contribution in [1.82, 2.24) is 20.1 Å². The molecule has 1 heterocycles. The first-order valence-corrected chi connectivity index (χ1v) is 11.1. The van der Waals surface area contributed by atoms with Crippen molar-refractivity contribution in [3.05, 3.63) is 77.1 Å². The fourth-order valence-corrected chi connectivity index (χ4v) is 4.10. The number of benzene rings is 2. The van der Waals surface area contributed by atoms with E-state index in [2.05, 4.69) is 32.2 Å². The van der Waals surface area contributed by atoms with E-state index in [1.807, 2.05) is 42.5 Å². The molecule has 2 aromatic carbocycles. The lowest BCUT2D eigenvalue weighted by atomic mass is 10.1. The van der Waals surface area contributed by atoms with Crippen molar-refractivity contribution in [3.8, 4) is 0 Å². The SMILES string of the molecule is COCCNC(=O)c1ccccc1CSc1nnc(Cc2ccccc2)n1CCOC. The fraction of sp³-hybridized carbons (Fsp3) is 0.348. The predicted octanol–water partition coefficient (Wildman–Crippen LogP) is 3.18. The number of carbonyl (C=O) groups excluding carboxylic acids is 1. The smallest absolute Gasteiger partial charge is 0.251 e. The highest BCUT2D eigenvalue weighted by atomic mass is 32.2. The molecule has 0 unspecified atom stereocenters. The molecule has 164 valence electrons. The Morgan fingerprint density at radius 1 is 1.00 bits per heavy atom. The van der Waals surface area contributed by atoms with Gasteiger partial charge in [-0.15, -0.1) is 10.2 Å². The highest BCUT2D eigenvalue weighted by Gasteiger charge is 2.16. The minimum Gasteiger partial charge on any atom is -0.383 e. The molecule has 0 aliphatic rings. The van der Waals surface area contributed by atoms with Gasteiger partial charge in [-0.25, -0.2) is 0 Å². The lowest BCUT2D eigenvalue weighted by molar-refractivity contribution is 0.0936. The van der Waals surface area contributed by atoms with Gasteiger partial charge < -0.3 is 19.4 Å². The Labute approximate surface area is 187 Å². The van der Waals surface area contributed by atoms with E-state index in [4.69, 9.17) is 9.47 Å². The summed E-state index contributed by atoms with van der Waals surface area (Å²) < 4.78 is 12.4. The molecule has 1 N–H and O–H groups in total. The van der Waals surface area contributed by atoms with E-state index in [1.54, 1.807) is 26.0 Å². The van der Waals surface area contributed by atoms with Gasteiger partial charge in [0.15, 0.2) is 5.16 Å². The molecule has 3 aromatic rings. The Bertz CT molecular complexity index is 962. The van der Waals surface area contributed by atoms with E-state index in [0.717, 1.165) is 16.5 Å². The summed E-state index contributed by atoms with van der Waals surface area (Å²) in [6.07, 6.45) is 0.705. The molecule has 8 heteroatoms. The molecule has 0 fully saturated rings. The highest BCUT2D eigenvalue weighted by molar-refractivity contribution is 7.98. The van der Waals surface area contributed by atoms with Crippen LogP contribution < -0.4 is 5.32 Å². The van der Waals surface area contributed by atoms with E-state index in [0.29, 0.717) is 44.0 Å². The topological polar surface area (TPSA) is 78.3 Å². The number of amides is 1. The van der Waals surface area contributed by atoms with Crippen molar-refractivity contribution in [1.29, 1.82) is 0 Å². The van der Waals surface area contributed by atoms with Gasteiger partial charge in [0, 0.05) is 45.0 Å². The van der Waals surface area contributed by atoms with E-state index in [1.165, 1.54) is 5.56 Å². The van der Waals surface area contributed by atoms with Crippen LogP contribution in [0.1, 0.15) is 27.3 Å². The van der Waals surface area contributed by atoms with Crippen LogP contribution in [0.15, 0.2) is 59.8 Å². The van der Waals surface area contributed by atoms with Crippen molar-refractivity contribution in [2.45, 2.75) is 23.9 Å². The van der Waals surface area contributed by atoms with Crippen LogP contribution in [0.2, 0.25) is 0 Å². The lowest BCUT2D eigenvalue weighted by Crippen LogP contribution is -2.27. The zero-order valence-corrected chi connectivity index (χ0v) is 18.7. The Kier molecular flexibility index (Phi) is 9.08. The normalized spacial score (nSPS) is 10.9. The van der Waals surface area contributed by atoms with Crippen LogP contribution in [-0.2, 0) is 28.2 Å². The zero-order chi connectivity index (χ0) is 21.9. The summed E-state index contributed by atoms with van der Waals surface area (Å²) in [6.45, 7) is 2.21. The van der Waals surface area contributed by atoms with E-state index in [9.17, 15) is 4.79 Å². The number of methoxy groups -OCH3 is 2. The first-order chi connectivity index (χ1) is 15.2. The molecule has 31 heavy (non-hydrogen) atoms. The number of aromatic nitrogens is 3. The molecule has 1 aromatic heterocycles. The zero-order valence-electron chi connectivity index (χ0n) is 17.9. The van der Waals surface area contributed by atoms with Crippen molar-refractivity contribution in [2.75, 3.05) is 34.0 Å². The van der Waals surface area contributed by atoms with Gasteiger partial charge in [0.25, 0.3) is 5.91 Å². The van der Waals surface area contributed by atoms with Gasteiger partial charge in [0.2, 0.25) is 0 Å². The lowest BCUT2D eigenvalue weighted by Gasteiger charge is -2.12. The minimum atomic E-state index is -0.0983. The van der Waals surface area contributed by atoms with Crippen molar-refractivity contribution in [2.24, 2.45) is 0 Å². The van der Waals surface area contributed by atoms with E-state index in [-0.39, 0.29) is 5.91 Å². The van der Waals surface area contributed by atoms with Crippen LogP contribution in [0.5, 0.6) is 0 Å². The monoisotopic (exact) mass is 440 g/mol. The molecular weight excluding hydrogens is 412 g/mol. The molecule has 0 aliphatic heterocycles. The van der Waals surface area contributed by atoms with Gasteiger partial charge >= 0.3 is 0 Å². The van der Waals surface area contributed by atoms with E-state index >= 15 is 0 Å². The third kappa shape index (κ3) is 6.65. The molecule has 3 rings (SSSR count). The second-order valence-corrected chi connectivity index (χ2v) is 7.84. The molecule has 7 nitrogen and oxygen atoms in total. The van der Waals surface area contributed by atoms with Crippen LogP contribution in [0, 0.1) is 0 Å². The van der Waals surface area contributed by atoms with Crippen LogP contribution in [-0.4, -0.2) is 54.6 Å². The average molecular weight is 441 g/mol. The van der Waals surface area contributed by atoms with Gasteiger partial charge in [-0.1, -0.05) is 60.3 Å². The number of ether oxygens (including phenoxy) is 2. The van der Waals surface area contributed by atoms with E-state index < -0.39 is 0 Å². The summed E-state index contributed by atoms with van der Waals surface area (Å²) in [5, 5.41) is 12.5. The number of hydrogen-bond acceptors (Lipinski definition) is 6. The quantitative estimate of drug-likeness (QED) is 0.344. The predicted molar refractivity (Wildman–Crippen MR) is 121 cm³/mol. The van der Waals surface area contributed by atoms with Gasteiger partial charge in [-0.05, 0) is 17.2 Å². The average Bonchev–Trinajstić information content (AvgIpc) is 3.18. The van der Waals surface area contributed by atoms with Crippen LogP contribution in [0.25, 0.3) is 0 Å². The second-order valence-electron chi connectivity index (χ2n) is 6.90. The number of hydrogen-bond donors (Lipinski definition) is 1. The fourth-order valence-electron chi connectivity index (χ4n) is 3.11. The molecule has 0 bridgehead atoms. The Balaban J connectivity index is 1.73. The van der Waals surface area contributed by atoms with Gasteiger partial charge in [-0.2, -0.15) is 0 Å². The Morgan fingerprint density at radius 3 is 2.52 bits per heavy atom. The molecule has 1 amide bonds. The molecule has 0 spiro atoms. The van der Waals surface area contributed by atoms with Crippen LogP contribution in [0.4, 0.5) is 0 Å². The third-order valence-corrected chi connectivity index (χ3v) is 5.74. The number of nitrogens with zero attached hydrogens (tertiary/aromatic N) is 3.